The van der Waals surface area contributed by atoms with Crippen LogP contribution in [0.15, 0.2) is 158 Å². The number of hydrogen-bond acceptors (Lipinski definition) is 2. The molecule has 3 heterocycles. The number of allylic oxidation sites excluding steroid dienone is 1. The van der Waals surface area contributed by atoms with Gasteiger partial charge in [0, 0.05) is 43.9 Å². The SMILES string of the molecule is C=Cc1c(/C=C(\C)c2cnc3c4ccccc4c4ccccc4c3n2)n(-c2ccccc2)c2ccc3c(c4ccccc4n3-c3ccccc3)c12. The summed E-state index contributed by atoms with van der Waals surface area (Å²) in [5.74, 6) is 0. The molecule has 4 nitrogen and oxygen atoms in total. The Bertz CT molecular complexity index is 3000. The molecule has 0 bridgehead atoms. The van der Waals surface area contributed by atoms with Gasteiger partial charge in [-0.15, -0.1) is 0 Å². The van der Waals surface area contributed by atoms with E-state index in [1.54, 1.807) is 0 Å². The van der Waals surface area contributed by atoms with Gasteiger partial charge >= 0.3 is 0 Å². The van der Waals surface area contributed by atoms with E-state index < -0.39 is 0 Å². The number of hydrogen-bond donors (Lipinski definition) is 0. The number of para-hydroxylation sites is 3. The summed E-state index contributed by atoms with van der Waals surface area (Å²) in [6, 6.07) is 51.4. The van der Waals surface area contributed by atoms with Crippen LogP contribution in [0.25, 0.3) is 94.4 Å². The average molecular weight is 653 g/mol. The van der Waals surface area contributed by atoms with Gasteiger partial charge in [-0.1, -0.05) is 116 Å². The minimum Gasteiger partial charge on any atom is -0.309 e. The van der Waals surface area contributed by atoms with Crippen LogP contribution in [0.4, 0.5) is 0 Å². The first-order valence-corrected chi connectivity index (χ1v) is 17.3. The molecule has 10 aromatic rings. The van der Waals surface area contributed by atoms with E-state index in [2.05, 4.69) is 174 Å². The quantitative estimate of drug-likeness (QED) is 0.173. The zero-order chi connectivity index (χ0) is 34.1. The van der Waals surface area contributed by atoms with Crippen molar-refractivity contribution in [3.63, 3.8) is 0 Å². The first kappa shape index (κ1) is 29.2. The van der Waals surface area contributed by atoms with Crippen molar-refractivity contribution in [3.8, 4) is 11.4 Å². The van der Waals surface area contributed by atoms with E-state index >= 15 is 0 Å². The fourth-order valence-corrected chi connectivity index (χ4v) is 8.04. The fraction of sp³-hybridized carbons (Fsp3) is 0.0213. The molecule has 4 heteroatoms. The maximum atomic E-state index is 5.32. The number of fused-ring (bicyclic) bond motifs is 11. The van der Waals surface area contributed by atoms with Crippen molar-refractivity contribution in [2.45, 2.75) is 6.92 Å². The van der Waals surface area contributed by atoms with E-state index in [9.17, 15) is 0 Å². The first-order chi connectivity index (χ1) is 25.2. The van der Waals surface area contributed by atoms with Gasteiger partial charge in [0.2, 0.25) is 0 Å². The minimum atomic E-state index is 0.841. The van der Waals surface area contributed by atoms with Gasteiger partial charge in [0.25, 0.3) is 0 Å². The summed E-state index contributed by atoms with van der Waals surface area (Å²) in [5, 5.41) is 8.20. The maximum Gasteiger partial charge on any atom is 0.0979 e. The highest BCUT2D eigenvalue weighted by Gasteiger charge is 2.22. The maximum absolute atomic E-state index is 5.32. The van der Waals surface area contributed by atoms with Gasteiger partial charge in [0.05, 0.1) is 45.2 Å². The molecule has 0 N–H and O–H groups in total. The van der Waals surface area contributed by atoms with Gasteiger partial charge in [-0.3, -0.25) is 4.98 Å². The molecule has 3 aromatic heterocycles. The molecular formula is C47H32N4. The monoisotopic (exact) mass is 652 g/mol. The van der Waals surface area contributed by atoms with Gasteiger partial charge in [-0.2, -0.15) is 0 Å². The van der Waals surface area contributed by atoms with Crippen LogP contribution in [0.1, 0.15) is 23.9 Å². The topological polar surface area (TPSA) is 35.6 Å². The fourth-order valence-electron chi connectivity index (χ4n) is 8.04. The summed E-state index contributed by atoms with van der Waals surface area (Å²) in [4.78, 5) is 10.4. The highest BCUT2D eigenvalue weighted by atomic mass is 15.0. The molecule has 240 valence electrons. The largest absolute Gasteiger partial charge is 0.309 e. The Morgan fingerprint density at radius 1 is 0.529 bits per heavy atom. The van der Waals surface area contributed by atoms with Crippen LogP contribution in [0, 0.1) is 0 Å². The van der Waals surface area contributed by atoms with Gasteiger partial charge in [-0.25, -0.2) is 4.98 Å². The second-order valence-corrected chi connectivity index (χ2v) is 13.1. The first-order valence-electron chi connectivity index (χ1n) is 17.3. The number of aromatic nitrogens is 4. The lowest BCUT2D eigenvalue weighted by molar-refractivity contribution is 1.10. The van der Waals surface area contributed by atoms with E-state index in [0.29, 0.717) is 0 Å². The molecule has 10 rings (SSSR count). The summed E-state index contributed by atoms with van der Waals surface area (Å²) in [6.45, 7) is 6.54. The highest BCUT2D eigenvalue weighted by Crippen LogP contribution is 2.43. The Morgan fingerprint density at radius 2 is 1.06 bits per heavy atom. The van der Waals surface area contributed by atoms with E-state index in [1.807, 2.05) is 12.3 Å². The molecule has 0 radical (unpaired) electrons. The third kappa shape index (κ3) is 4.33. The predicted molar refractivity (Wildman–Crippen MR) is 216 cm³/mol. The van der Waals surface area contributed by atoms with Crippen LogP contribution in [-0.4, -0.2) is 19.1 Å². The van der Waals surface area contributed by atoms with Crippen molar-refractivity contribution in [2.75, 3.05) is 0 Å². The third-order valence-electron chi connectivity index (χ3n) is 10.3. The number of nitrogens with zero attached hydrogens (tertiary/aromatic N) is 4. The number of benzene rings is 7. The second-order valence-electron chi connectivity index (χ2n) is 13.1. The van der Waals surface area contributed by atoms with Crippen LogP contribution in [0.5, 0.6) is 0 Å². The molecular weight excluding hydrogens is 621 g/mol. The van der Waals surface area contributed by atoms with E-state index in [0.717, 1.165) is 66.7 Å². The molecule has 0 saturated heterocycles. The lowest BCUT2D eigenvalue weighted by Crippen LogP contribution is -1.98. The molecule has 51 heavy (non-hydrogen) atoms. The molecule has 0 spiro atoms. The summed E-state index contributed by atoms with van der Waals surface area (Å²) in [6.07, 6.45) is 6.19. The van der Waals surface area contributed by atoms with Gasteiger partial charge in [0.15, 0.2) is 0 Å². The summed E-state index contributed by atoms with van der Waals surface area (Å²) < 4.78 is 4.73. The smallest absolute Gasteiger partial charge is 0.0979 e. The van der Waals surface area contributed by atoms with Crippen LogP contribution >= 0.6 is 0 Å². The Hall–Kier alpha value is -6.78. The van der Waals surface area contributed by atoms with Gasteiger partial charge in [0.1, 0.15) is 0 Å². The zero-order valence-corrected chi connectivity index (χ0v) is 28.1. The molecule has 0 fully saturated rings. The van der Waals surface area contributed by atoms with E-state index in [-0.39, 0.29) is 0 Å². The normalized spacial score (nSPS) is 12.2. The Morgan fingerprint density at radius 3 is 1.71 bits per heavy atom. The molecule has 0 unspecified atom stereocenters. The van der Waals surface area contributed by atoms with Crippen molar-refractivity contribution in [1.29, 1.82) is 0 Å². The Labute approximate surface area is 294 Å². The summed E-state index contributed by atoms with van der Waals surface area (Å²) >= 11 is 0. The molecule has 0 saturated carbocycles. The Kier molecular flexibility index (Phi) is 6.52. The number of rotatable bonds is 5. The predicted octanol–water partition coefficient (Wildman–Crippen LogP) is 12.2. The van der Waals surface area contributed by atoms with Gasteiger partial charge < -0.3 is 9.13 Å². The lowest BCUT2D eigenvalue weighted by atomic mass is 9.99. The van der Waals surface area contributed by atoms with Crippen molar-refractivity contribution < 1.29 is 0 Å². The zero-order valence-electron chi connectivity index (χ0n) is 28.1. The summed E-state index contributed by atoms with van der Waals surface area (Å²) in [5.41, 5.74) is 11.5. The van der Waals surface area contributed by atoms with Crippen LogP contribution < -0.4 is 0 Å². The van der Waals surface area contributed by atoms with Crippen molar-refractivity contribution in [3.05, 3.63) is 175 Å². The van der Waals surface area contributed by atoms with E-state index in [4.69, 9.17) is 9.97 Å². The molecule has 0 amide bonds. The van der Waals surface area contributed by atoms with Crippen LogP contribution in [-0.2, 0) is 0 Å². The van der Waals surface area contributed by atoms with Crippen LogP contribution in [0.2, 0.25) is 0 Å². The average Bonchev–Trinajstić information content (AvgIpc) is 3.70. The van der Waals surface area contributed by atoms with Crippen molar-refractivity contribution >= 4 is 83.0 Å². The van der Waals surface area contributed by atoms with Crippen molar-refractivity contribution in [2.24, 2.45) is 0 Å². The second kappa shape index (κ2) is 11.4. The lowest BCUT2D eigenvalue weighted by Gasteiger charge is -2.12. The molecule has 0 aliphatic rings. The highest BCUT2D eigenvalue weighted by molar-refractivity contribution is 6.25. The van der Waals surface area contributed by atoms with E-state index in [1.165, 1.54) is 32.4 Å². The van der Waals surface area contributed by atoms with Crippen LogP contribution in [0.3, 0.4) is 0 Å². The third-order valence-corrected chi connectivity index (χ3v) is 10.3. The minimum absolute atomic E-state index is 0.841. The standard InChI is InChI=1S/C47H32N4/c1-3-33-43(28-30(2)39-29-48-46-36-22-12-10-20-34(36)35-21-11-13-23-37(35)47(46)49-39)51(32-18-8-5-9-19-32)41-26-27-42-45(44(33)41)38-24-14-15-25-40(38)50(42)31-16-6-4-7-17-31/h3-29H,1H2,2H3/b30-28+. The summed E-state index contributed by atoms with van der Waals surface area (Å²) in [7, 11) is 0. The molecule has 0 atom stereocenters. The molecule has 7 aromatic carbocycles. The molecule has 0 aliphatic carbocycles. The van der Waals surface area contributed by atoms with Crippen molar-refractivity contribution in [1.82, 2.24) is 19.1 Å². The van der Waals surface area contributed by atoms with Gasteiger partial charge in [-0.05, 0) is 71.8 Å². The molecule has 0 aliphatic heterocycles. The Balaban J connectivity index is 1.28.